The Bertz CT molecular complexity index is 554. The van der Waals surface area contributed by atoms with Gasteiger partial charge in [0.1, 0.15) is 5.75 Å². The zero-order valence-corrected chi connectivity index (χ0v) is 11.8. The summed E-state index contributed by atoms with van der Waals surface area (Å²) in [6, 6.07) is 5.02. The van der Waals surface area contributed by atoms with Crippen molar-refractivity contribution in [3.05, 3.63) is 23.8 Å². The molecule has 0 aromatic heterocycles. The highest BCUT2D eigenvalue weighted by molar-refractivity contribution is 7.89. The van der Waals surface area contributed by atoms with E-state index in [0.717, 1.165) is 18.4 Å². The molecule has 0 amide bonds. The van der Waals surface area contributed by atoms with Gasteiger partial charge in [-0.1, -0.05) is 20.8 Å². The van der Waals surface area contributed by atoms with E-state index in [4.69, 9.17) is 9.88 Å². The smallest absolute Gasteiger partial charge is 0.238 e. The van der Waals surface area contributed by atoms with Crippen LogP contribution in [0.3, 0.4) is 0 Å². The van der Waals surface area contributed by atoms with E-state index in [-0.39, 0.29) is 16.4 Å². The lowest BCUT2D eigenvalue weighted by atomic mass is 9.87. The molecule has 0 unspecified atom stereocenters. The highest BCUT2D eigenvalue weighted by atomic mass is 32.2. The SMILES string of the molecule is CC(C)(C)c1cc(OC2CC2)cc(S(N)(=O)=O)c1. The highest BCUT2D eigenvalue weighted by Gasteiger charge is 2.25. The first-order chi connectivity index (χ1) is 8.16. The summed E-state index contributed by atoms with van der Waals surface area (Å²) in [5, 5.41) is 5.20. The molecule has 2 rings (SSSR count). The number of hydrogen-bond acceptors (Lipinski definition) is 3. The zero-order valence-electron chi connectivity index (χ0n) is 10.9. The van der Waals surface area contributed by atoms with Gasteiger partial charge in [0.05, 0.1) is 11.0 Å². The fraction of sp³-hybridized carbons (Fsp3) is 0.538. The molecule has 1 fully saturated rings. The lowest BCUT2D eigenvalue weighted by Crippen LogP contribution is -2.16. The van der Waals surface area contributed by atoms with E-state index in [2.05, 4.69) is 0 Å². The molecule has 2 N–H and O–H groups in total. The minimum Gasteiger partial charge on any atom is -0.490 e. The van der Waals surface area contributed by atoms with Crippen molar-refractivity contribution >= 4 is 10.0 Å². The number of rotatable bonds is 3. The molecule has 0 bridgehead atoms. The summed E-state index contributed by atoms with van der Waals surface area (Å²) in [5.41, 5.74) is 0.757. The van der Waals surface area contributed by atoms with Crippen LogP contribution in [0.15, 0.2) is 23.1 Å². The fourth-order valence-corrected chi connectivity index (χ4v) is 2.19. The number of benzene rings is 1. The van der Waals surface area contributed by atoms with Crippen LogP contribution in [0.25, 0.3) is 0 Å². The first kappa shape index (κ1) is 13.4. The Morgan fingerprint density at radius 2 is 1.83 bits per heavy atom. The van der Waals surface area contributed by atoms with Crippen molar-refractivity contribution in [1.29, 1.82) is 0 Å². The van der Waals surface area contributed by atoms with Crippen molar-refractivity contribution in [3.63, 3.8) is 0 Å². The number of sulfonamides is 1. The van der Waals surface area contributed by atoms with Crippen LogP contribution in [-0.4, -0.2) is 14.5 Å². The minimum absolute atomic E-state index is 0.116. The molecule has 1 aromatic carbocycles. The van der Waals surface area contributed by atoms with Gasteiger partial charge in [-0.3, -0.25) is 0 Å². The number of nitrogens with two attached hydrogens (primary N) is 1. The summed E-state index contributed by atoms with van der Waals surface area (Å²) in [4.78, 5) is 0.116. The molecule has 4 nitrogen and oxygen atoms in total. The maximum absolute atomic E-state index is 11.5. The Kier molecular flexibility index (Phi) is 3.15. The largest absolute Gasteiger partial charge is 0.490 e. The highest BCUT2D eigenvalue weighted by Crippen LogP contribution is 2.32. The van der Waals surface area contributed by atoms with Gasteiger partial charge in [-0.2, -0.15) is 0 Å². The number of hydrogen-bond donors (Lipinski definition) is 1. The fourth-order valence-electron chi connectivity index (χ4n) is 1.62. The van der Waals surface area contributed by atoms with Gasteiger partial charge in [0.15, 0.2) is 0 Å². The van der Waals surface area contributed by atoms with Gasteiger partial charge >= 0.3 is 0 Å². The van der Waals surface area contributed by atoms with E-state index in [1.54, 1.807) is 6.07 Å². The van der Waals surface area contributed by atoms with Gasteiger partial charge in [0, 0.05) is 6.07 Å². The molecule has 18 heavy (non-hydrogen) atoms. The predicted molar refractivity (Wildman–Crippen MR) is 70.2 cm³/mol. The summed E-state index contributed by atoms with van der Waals surface area (Å²) >= 11 is 0. The molecule has 0 atom stereocenters. The molecule has 0 saturated heterocycles. The third kappa shape index (κ3) is 3.23. The van der Waals surface area contributed by atoms with E-state index in [9.17, 15) is 8.42 Å². The second-order valence-electron chi connectivity index (χ2n) is 5.81. The average molecular weight is 269 g/mol. The van der Waals surface area contributed by atoms with E-state index >= 15 is 0 Å². The monoisotopic (exact) mass is 269 g/mol. The third-order valence-electron chi connectivity index (χ3n) is 2.90. The Labute approximate surface area is 108 Å². The molecule has 0 heterocycles. The van der Waals surface area contributed by atoms with Gasteiger partial charge < -0.3 is 4.74 Å². The topological polar surface area (TPSA) is 69.4 Å². The molecule has 0 radical (unpaired) electrons. The average Bonchev–Trinajstić information content (AvgIpc) is 2.98. The van der Waals surface area contributed by atoms with Crippen molar-refractivity contribution in [3.8, 4) is 5.75 Å². The van der Waals surface area contributed by atoms with Crippen LogP contribution >= 0.6 is 0 Å². The number of primary sulfonamides is 1. The summed E-state index contributed by atoms with van der Waals surface area (Å²) in [5.74, 6) is 0.592. The van der Waals surface area contributed by atoms with Crippen LogP contribution < -0.4 is 9.88 Å². The van der Waals surface area contributed by atoms with E-state index in [1.807, 2.05) is 26.8 Å². The van der Waals surface area contributed by atoms with Crippen LogP contribution in [0.5, 0.6) is 5.75 Å². The van der Waals surface area contributed by atoms with Gasteiger partial charge in [-0.05, 0) is 36.0 Å². The molecule has 1 aliphatic carbocycles. The zero-order chi connectivity index (χ0) is 13.6. The summed E-state index contributed by atoms with van der Waals surface area (Å²) in [6.45, 7) is 6.07. The van der Waals surface area contributed by atoms with Gasteiger partial charge in [-0.15, -0.1) is 0 Å². The molecule has 5 heteroatoms. The van der Waals surface area contributed by atoms with Crippen LogP contribution in [0, 0.1) is 0 Å². The summed E-state index contributed by atoms with van der Waals surface area (Å²) in [7, 11) is -3.70. The van der Waals surface area contributed by atoms with Crippen LogP contribution in [0.2, 0.25) is 0 Å². The second-order valence-corrected chi connectivity index (χ2v) is 7.37. The molecule has 1 aromatic rings. The summed E-state index contributed by atoms with van der Waals surface area (Å²) < 4.78 is 28.7. The number of ether oxygens (including phenoxy) is 1. The molecule has 100 valence electrons. The second kappa shape index (κ2) is 4.24. The standard InChI is InChI=1S/C13H19NO3S/c1-13(2,3)9-6-11(17-10-4-5-10)8-12(7-9)18(14,15)16/h6-8,10H,4-5H2,1-3H3,(H2,14,15,16). The molecule has 1 saturated carbocycles. The normalized spacial score (nSPS) is 16.7. The molecule has 0 spiro atoms. The molecule has 1 aliphatic rings. The Morgan fingerprint density at radius 1 is 1.22 bits per heavy atom. The van der Waals surface area contributed by atoms with Gasteiger partial charge in [0.25, 0.3) is 0 Å². The molecule has 0 aliphatic heterocycles. The maximum atomic E-state index is 11.5. The van der Waals surface area contributed by atoms with E-state index in [0.29, 0.717) is 5.75 Å². The van der Waals surface area contributed by atoms with Gasteiger partial charge in [-0.25, -0.2) is 13.6 Å². The van der Waals surface area contributed by atoms with Crippen molar-refractivity contribution in [1.82, 2.24) is 0 Å². The third-order valence-corrected chi connectivity index (χ3v) is 3.79. The van der Waals surface area contributed by atoms with Gasteiger partial charge in [0.2, 0.25) is 10.0 Å². The lowest BCUT2D eigenvalue weighted by Gasteiger charge is -2.21. The van der Waals surface area contributed by atoms with Crippen molar-refractivity contribution < 1.29 is 13.2 Å². The van der Waals surface area contributed by atoms with Crippen LogP contribution in [0.1, 0.15) is 39.2 Å². The summed E-state index contributed by atoms with van der Waals surface area (Å²) in [6.07, 6.45) is 2.29. The van der Waals surface area contributed by atoms with E-state index < -0.39 is 10.0 Å². The molecular formula is C13H19NO3S. The first-order valence-corrected chi connectivity index (χ1v) is 7.56. The van der Waals surface area contributed by atoms with E-state index in [1.165, 1.54) is 6.07 Å². The van der Waals surface area contributed by atoms with Crippen molar-refractivity contribution in [2.75, 3.05) is 0 Å². The maximum Gasteiger partial charge on any atom is 0.238 e. The van der Waals surface area contributed by atoms with Crippen LogP contribution in [-0.2, 0) is 15.4 Å². The van der Waals surface area contributed by atoms with Crippen molar-refractivity contribution in [2.45, 2.75) is 50.0 Å². The Balaban J connectivity index is 2.47. The lowest BCUT2D eigenvalue weighted by molar-refractivity contribution is 0.301. The molecular weight excluding hydrogens is 250 g/mol. The van der Waals surface area contributed by atoms with Crippen LogP contribution in [0.4, 0.5) is 0 Å². The first-order valence-electron chi connectivity index (χ1n) is 6.01. The van der Waals surface area contributed by atoms with Crippen molar-refractivity contribution in [2.24, 2.45) is 5.14 Å². The minimum atomic E-state index is -3.70. The predicted octanol–water partition coefficient (Wildman–Crippen LogP) is 2.17. The Morgan fingerprint density at radius 3 is 2.28 bits per heavy atom. The Hall–Kier alpha value is -1.07. The quantitative estimate of drug-likeness (QED) is 0.914.